The molecule has 4 aliphatic heterocycles. The number of halogens is 5. The van der Waals surface area contributed by atoms with Crippen LogP contribution in [-0.4, -0.2) is 130 Å². The largest absolute Gasteiger partial charge is 0.490 e. The second kappa shape index (κ2) is 19.2. The lowest BCUT2D eigenvalue weighted by Crippen LogP contribution is -2.65. The highest BCUT2D eigenvalue weighted by atomic mass is 35.5. The number of ether oxygens (including phenoxy) is 3. The molecule has 6 heterocycles. The van der Waals surface area contributed by atoms with Crippen LogP contribution in [0.15, 0.2) is 59.7 Å². The third-order valence-electron chi connectivity index (χ3n) is 9.98. The number of benzene rings is 1. The van der Waals surface area contributed by atoms with Gasteiger partial charge in [-0.25, -0.2) is 14.6 Å². The van der Waals surface area contributed by atoms with Crippen molar-refractivity contribution in [2.75, 3.05) is 59.0 Å². The summed E-state index contributed by atoms with van der Waals surface area (Å²) in [4.78, 5) is 45.6. The molecule has 0 bridgehead atoms. The van der Waals surface area contributed by atoms with E-state index in [0.717, 1.165) is 37.3 Å². The van der Waals surface area contributed by atoms with Crippen LogP contribution in [0.4, 0.5) is 18.0 Å². The number of hydrogen-bond acceptors (Lipinski definition) is 10. The van der Waals surface area contributed by atoms with Gasteiger partial charge in [-0.1, -0.05) is 74.3 Å². The zero-order chi connectivity index (χ0) is 41.5. The number of rotatable bonds is 5. The average molecular weight is 844 g/mol. The van der Waals surface area contributed by atoms with Crippen molar-refractivity contribution >= 4 is 35.3 Å². The van der Waals surface area contributed by atoms with Crippen LogP contribution in [0.25, 0.3) is 0 Å². The number of morpholine rings is 2. The Morgan fingerprint density at radius 1 is 0.965 bits per heavy atom. The molecule has 1 amide bonds. The van der Waals surface area contributed by atoms with Gasteiger partial charge in [-0.05, 0) is 23.1 Å². The van der Waals surface area contributed by atoms with E-state index in [1.807, 2.05) is 36.4 Å². The molecule has 7 rings (SSSR count). The maximum absolute atomic E-state index is 11.8. The Morgan fingerprint density at radius 3 is 2.32 bits per heavy atom. The van der Waals surface area contributed by atoms with Gasteiger partial charge in [0.25, 0.3) is 5.56 Å². The molecule has 0 aliphatic carbocycles. The number of amides is 1. The summed E-state index contributed by atoms with van der Waals surface area (Å²) in [7, 11) is 0. The maximum Gasteiger partial charge on any atom is 0.490 e. The van der Waals surface area contributed by atoms with E-state index in [4.69, 9.17) is 47.3 Å². The Hall–Kier alpha value is -3.97. The van der Waals surface area contributed by atoms with Gasteiger partial charge >= 0.3 is 18.2 Å². The molecule has 4 saturated heterocycles. The summed E-state index contributed by atoms with van der Waals surface area (Å²) in [5, 5.41) is 21.0. The molecule has 4 fully saturated rings. The average Bonchev–Trinajstić information content (AvgIpc) is 3.17. The number of carbonyl (C=O) groups is 2. The van der Waals surface area contributed by atoms with E-state index in [-0.39, 0.29) is 35.3 Å². The number of piperazine rings is 2. The zero-order valence-corrected chi connectivity index (χ0v) is 33.2. The summed E-state index contributed by atoms with van der Waals surface area (Å²) in [6.07, 6.45) is -3.49. The van der Waals surface area contributed by atoms with Gasteiger partial charge in [-0.15, -0.1) is 0 Å². The Kier molecular flexibility index (Phi) is 14.9. The normalized spacial score (nSPS) is 24.1. The fourth-order valence-corrected chi connectivity index (χ4v) is 7.47. The second-order valence-electron chi connectivity index (χ2n) is 15.1. The topological polar surface area (TPSA) is 170 Å². The van der Waals surface area contributed by atoms with Crippen LogP contribution >= 0.6 is 23.2 Å². The van der Waals surface area contributed by atoms with E-state index in [0.29, 0.717) is 66.9 Å². The number of hydrogen-bond donors (Lipinski definition) is 4. The molecule has 4 N–H and O–H groups in total. The first kappa shape index (κ1) is 44.1. The number of carboxylic acids is 1. The van der Waals surface area contributed by atoms with E-state index >= 15 is 0 Å². The van der Waals surface area contributed by atoms with Gasteiger partial charge in [-0.3, -0.25) is 14.6 Å². The smallest absolute Gasteiger partial charge is 0.475 e. The van der Waals surface area contributed by atoms with E-state index in [2.05, 4.69) is 45.9 Å². The minimum absolute atomic E-state index is 0.00284. The monoisotopic (exact) mass is 842 g/mol. The van der Waals surface area contributed by atoms with Gasteiger partial charge in [0.05, 0.1) is 28.8 Å². The number of alkyl halides is 3. The molecule has 19 heteroatoms. The first-order valence-electron chi connectivity index (χ1n) is 18.3. The van der Waals surface area contributed by atoms with Gasteiger partial charge in [0.2, 0.25) is 5.88 Å². The molecule has 2 aromatic heterocycles. The van der Waals surface area contributed by atoms with Crippen LogP contribution in [0.3, 0.4) is 0 Å². The van der Waals surface area contributed by atoms with Gasteiger partial charge in [0.15, 0.2) is 0 Å². The summed E-state index contributed by atoms with van der Waals surface area (Å²) in [6.45, 7) is 13.4. The molecular weight excluding hydrogens is 796 g/mol. The summed E-state index contributed by atoms with van der Waals surface area (Å²) in [6, 6.07) is 13.9. The lowest BCUT2D eigenvalue weighted by Gasteiger charge is -2.52. The summed E-state index contributed by atoms with van der Waals surface area (Å²) in [5.74, 6) is -2.24. The van der Waals surface area contributed by atoms with Gasteiger partial charge in [0.1, 0.15) is 18.8 Å². The van der Waals surface area contributed by atoms with Crippen molar-refractivity contribution < 1.29 is 47.2 Å². The van der Waals surface area contributed by atoms with Gasteiger partial charge in [0, 0.05) is 81.9 Å². The van der Waals surface area contributed by atoms with Crippen LogP contribution in [0.1, 0.15) is 49.7 Å². The molecule has 0 spiro atoms. The molecule has 5 atom stereocenters. The van der Waals surface area contributed by atoms with Crippen molar-refractivity contribution in [1.29, 1.82) is 0 Å². The molecule has 0 saturated carbocycles. The summed E-state index contributed by atoms with van der Waals surface area (Å²) >= 11 is 12.2. The third-order valence-corrected chi connectivity index (χ3v) is 10.4. The Morgan fingerprint density at radius 2 is 1.65 bits per heavy atom. The van der Waals surface area contributed by atoms with E-state index in [1.54, 1.807) is 12.3 Å². The van der Waals surface area contributed by atoms with Crippen molar-refractivity contribution in [2.24, 2.45) is 5.41 Å². The van der Waals surface area contributed by atoms with Crippen molar-refractivity contribution in [3.05, 3.63) is 91.9 Å². The number of carboxylic acid groups (broad SMARTS) is 2. The number of nitrogens with zero attached hydrogens (tertiary/aromatic N) is 4. The predicted molar refractivity (Wildman–Crippen MR) is 205 cm³/mol. The second-order valence-corrected chi connectivity index (χ2v) is 16.0. The van der Waals surface area contributed by atoms with Crippen molar-refractivity contribution in [3.63, 3.8) is 0 Å². The first-order valence-corrected chi connectivity index (χ1v) is 19.1. The lowest BCUT2D eigenvalue weighted by molar-refractivity contribution is -0.192. The molecule has 3 aromatic rings. The number of pyridine rings is 2. The van der Waals surface area contributed by atoms with E-state index < -0.39 is 18.2 Å². The van der Waals surface area contributed by atoms with Crippen LogP contribution in [0, 0.1) is 5.41 Å². The number of aromatic amines is 1. The Bertz CT molecular complexity index is 1890. The SMILES string of the molecule is CC(C)(C)C1O[C@H](c2cc(Cl)cnc2OCc2ccccc2)CN2CCN(C(=O)O)C[C@@H]12.O=C(O)C(F)(F)F.O=c1[nH]cc(Cl)cc1[C@@H]1CN2CCNC[C@H]2CO1. The van der Waals surface area contributed by atoms with Crippen molar-refractivity contribution in [3.8, 4) is 5.88 Å². The first-order chi connectivity index (χ1) is 26.9. The van der Waals surface area contributed by atoms with Crippen LogP contribution in [-0.2, 0) is 20.9 Å². The van der Waals surface area contributed by atoms with Crippen LogP contribution < -0.4 is 15.6 Å². The number of aromatic nitrogens is 2. The maximum atomic E-state index is 11.8. The number of H-pyrrole nitrogens is 1. The Balaban J connectivity index is 0.000000207. The molecule has 0 radical (unpaired) electrons. The molecule has 14 nitrogen and oxygen atoms in total. The highest BCUT2D eigenvalue weighted by Crippen LogP contribution is 2.41. The number of nitrogens with one attached hydrogen (secondary N) is 2. The summed E-state index contributed by atoms with van der Waals surface area (Å²) < 4.78 is 50.3. The van der Waals surface area contributed by atoms with Gasteiger partial charge in [-0.2, -0.15) is 13.2 Å². The molecular formula is C38H47Cl2F3N6O8. The quantitative estimate of drug-likeness (QED) is 0.256. The minimum Gasteiger partial charge on any atom is -0.475 e. The highest BCUT2D eigenvalue weighted by molar-refractivity contribution is 6.30. The number of fused-ring (bicyclic) bond motifs is 2. The van der Waals surface area contributed by atoms with Crippen LogP contribution in [0.5, 0.6) is 5.88 Å². The summed E-state index contributed by atoms with van der Waals surface area (Å²) in [5.41, 5.74) is 2.21. The van der Waals surface area contributed by atoms with Crippen molar-refractivity contribution in [1.82, 2.24) is 30.0 Å². The fraction of sp³-hybridized carbons (Fsp3) is 0.526. The molecule has 1 unspecified atom stereocenters. The fourth-order valence-electron chi connectivity index (χ4n) is 7.13. The third kappa shape index (κ3) is 12.0. The van der Waals surface area contributed by atoms with Crippen LogP contribution in [0.2, 0.25) is 10.0 Å². The van der Waals surface area contributed by atoms with Crippen molar-refractivity contribution in [2.45, 2.75) is 63.9 Å². The van der Waals surface area contributed by atoms with Gasteiger partial charge < -0.3 is 39.6 Å². The number of aliphatic carboxylic acids is 1. The van der Waals surface area contributed by atoms with E-state index in [9.17, 15) is 27.9 Å². The van der Waals surface area contributed by atoms with E-state index in [1.165, 1.54) is 11.1 Å². The predicted octanol–water partition coefficient (Wildman–Crippen LogP) is 5.47. The minimum atomic E-state index is -5.08. The lowest BCUT2D eigenvalue weighted by atomic mass is 9.81. The molecule has 1 aromatic carbocycles. The standard InChI is InChI=1S/C24H30ClN3O4.C12H16ClN3O2.C2HF3O2/c1-24(2,3)21-19-13-28(23(29)30)10-9-27(19)14-20(32-21)18-11-17(25)12-26-22(18)31-15-16-7-5-4-6-8-16;13-8-3-10(12(17)15-4-8)11-6-16-2-1-14-5-9(16)7-18-11;3-2(4,5)1(6)7/h4-8,11-12,19-21H,9-10,13-15H2,1-3H3,(H,29,30);3-4,9,11,14H,1-2,5-7H2,(H,15,17);(H,6,7)/t19-,20-,21?;9-,11-;/m00./s1. The molecule has 312 valence electrons. The molecule has 57 heavy (non-hydrogen) atoms. The molecule has 4 aliphatic rings. The highest BCUT2D eigenvalue weighted by Gasteiger charge is 2.47. The Labute approximate surface area is 337 Å². The zero-order valence-electron chi connectivity index (χ0n) is 31.7.